The second-order valence-corrected chi connectivity index (χ2v) is 7.02. The molecule has 1 aliphatic heterocycles. The molecule has 0 amide bonds. The van der Waals surface area contributed by atoms with Crippen LogP contribution in [0.1, 0.15) is 43.0 Å². The van der Waals surface area contributed by atoms with E-state index >= 15 is 0 Å². The number of esters is 1. The van der Waals surface area contributed by atoms with Crippen LogP contribution in [0.5, 0.6) is 5.75 Å². The average molecular weight is 395 g/mol. The Kier molecular flexibility index (Phi) is 5.59. The molecule has 1 aromatic carbocycles. The van der Waals surface area contributed by atoms with E-state index < -0.39 is 0 Å². The summed E-state index contributed by atoms with van der Waals surface area (Å²) in [5.41, 5.74) is 2.44. The molecule has 1 fully saturated rings. The maximum absolute atomic E-state index is 12.6. The summed E-state index contributed by atoms with van der Waals surface area (Å²) in [6, 6.07) is 9.28. The van der Waals surface area contributed by atoms with Gasteiger partial charge in [-0.15, -0.1) is 5.10 Å². The van der Waals surface area contributed by atoms with Crippen molar-refractivity contribution < 1.29 is 14.3 Å². The molecule has 0 saturated carbocycles. The lowest BCUT2D eigenvalue weighted by molar-refractivity contribution is 0.0527. The van der Waals surface area contributed by atoms with Gasteiger partial charge < -0.3 is 14.4 Å². The highest BCUT2D eigenvalue weighted by Crippen LogP contribution is 2.27. The molecule has 1 aliphatic rings. The van der Waals surface area contributed by atoms with E-state index in [1.165, 1.54) is 12.8 Å². The highest BCUT2D eigenvalue weighted by atomic mass is 16.5. The fourth-order valence-electron chi connectivity index (χ4n) is 3.63. The van der Waals surface area contributed by atoms with Gasteiger partial charge in [-0.25, -0.2) is 9.78 Å². The number of hydrogen-bond acceptors (Lipinski definition) is 7. The van der Waals surface area contributed by atoms with Crippen molar-refractivity contribution in [3.63, 3.8) is 0 Å². The third-order valence-corrected chi connectivity index (χ3v) is 5.12. The Balaban J connectivity index is 1.82. The molecule has 3 aromatic rings. The Bertz CT molecular complexity index is 991. The molecule has 0 N–H and O–H groups in total. The minimum Gasteiger partial charge on any atom is -0.497 e. The Morgan fingerprint density at radius 3 is 2.48 bits per heavy atom. The van der Waals surface area contributed by atoms with Crippen LogP contribution in [-0.2, 0) is 4.74 Å². The van der Waals surface area contributed by atoms with E-state index in [9.17, 15) is 4.79 Å². The van der Waals surface area contributed by atoms with Crippen molar-refractivity contribution in [2.24, 2.45) is 0 Å². The number of pyridine rings is 1. The van der Waals surface area contributed by atoms with Gasteiger partial charge >= 0.3 is 5.97 Å². The molecular weight excluding hydrogens is 370 g/mol. The van der Waals surface area contributed by atoms with Crippen molar-refractivity contribution in [3.05, 3.63) is 35.9 Å². The summed E-state index contributed by atoms with van der Waals surface area (Å²) in [7, 11) is 1.63. The van der Waals surface area contributed by atoms with Gasteiger partial charge in [0.2, 0.25) is 0 Å². The minimum atomic E-state index is -0.375. The molecule has 4 rings (SSSR count). The van der Waals surface area contributed by atoms with Gasteiger partial charge in [0.05, 0.1) is 19.4 Å². The lowest BCUT2D eigenvalue weighted by atomic mass is 10.2. The van der Waals surface area contributed by atoms with E-state index in [1.54, 1.807) is 24.8 Å². The summed E-state index contributed by atoms with van der Waals surface area (Å²) in [6.07, 6.45) is 4.55. The first kappa shape index (κ1) is 19.2. The molecule has 0 spiro atoms. The van der Waals surface area contributed by atoms with Crippen LogP contribution in [0.25, 0.3) is 16.9 Å². The molecular formula is C21H25N5O3. The summed E-state index contributed by atoms with van der Waals surface area (Å²) < 4.78 is 12.2. The first-order valence-corrected chi connectivity index (χ1v) is 10.0. The summed E-state index contributed by atoms with van der Waals surface area (Å²) >= 11 is 0. The maximum Gasteiger partial charge on any atom is 0.341 e. The van der Waals surface area contributed by atoms with Gasteiger partial charge in [-0.3, -0.25) is 0 Å². The first-order chi connectivity index (χ1) is 14.2. The van der Waals surface area contributed by atoms with Crippen LogP contribution >= 0.6 is 0 Å². The van der Waals surface area contributed by atoms with Gasteiger partial charge in [-0.05, 0) is 50.1 Å². The standard InChI is InChI=1S/C21H25N5O3/c1-3-29-21(27)17-14-18-20(22-19(17)25-12-6-4-5-7-13-25)26(24-23-18)15-8-10-16(28-2)11-9-15/h8-11,14H,3-7,12-13H2,1-2H3. The SMILES string of the molecule is CCOC(=O)c1cc2nnn(-c3ccc(OC)cc3)c2nc1N1CCCCCC1. The van der Waals surface area contributed by atoms with Gasteiger partial charge in [-0.2, -0.15) is 4.68 Å². The average Bonchev–Trinajstić information content (AvgIpc) is 2.97. The number of carbonyl (C=O) groups is 1. The van der Waals surface area contributed by atoms with Crippen LogP contribution in [0.15, 0.2) is 30.3 Å². The normalized spacial score (nSPS) is 14.6. The minimum absolute atomic E-state index is 0.314. The van der Waals surface area contributed by atoms with Gasteiger partial charge in [0, 0.05) is 13.1 Å². The van der Waals surface area contributed by atoms with Crippen molar-refractivity contribution in [2.45, 2.75) is 32.6 Å². The van der Waals surface area contributed by atoms with Crippen molar-refractivity contribution >= 4 is 23.0 Å². The number of rotatable bonds is 5. The number of methoxy groups -OCH3 is 1. The predicted octanol–water partition coefficient (Wildman–Crippen LogP) is 3.38. The fraction of sp³-hybridized carbons (Fsp3) is 0.429. The lowest BCUT2D eigenvalue weighted by Gasteiger charge is -2.23. The molecule has 3 heterocycles. The molecule has 0 radical (unpaired) electrons. The second kappa shape index (κ2) is 8.46. The van der Waals surface area contributed by atoms with Crippen molar-refractivity contribution in [1.82, 2.24) is 20.0 Å². The molecule has 2 aromatic heterocycles. The van der Waals surface area contributed by atoms with E-state index in [0.717, 1.165) is 37.4 Å². The Morgan fingerprint density at radius 2 is 1.83 bits per heavy atom. The number of benzene rings is 1. The first-order valence-electron chi connectivity index (χ1n) is 10.0. The largest absolute Gasteiger partial charge is 0.497 e. The van der Waals surface area contributed by atoms with Crippen molar-refractivity contribution in [3.8, 4) is 11.4 Å². The summed E-state index contributed by atoms with van der Waals surface area (Å²) in [4.78, 5) is 19.7. The summed E-state index contributed by atoms with van der Waals surface area (Å²) in [5.74, 6) is 1.04. The molecule has 152 valence electrons. The van der Waals surface area contributed by atoms with E-state index in [1.807, 2.05) is 24.3 Å². The second-order valence-electron chi connectivity index (χ2n) is 7.02. The van der Waals surface area contributed by atoms with Crippen LogP contribution in [-0.4, -0.2) is 52.8 Å². The molecule has 0 atom stereocenters. The van der Waals surface area contributed by atoms with E-state index in [0.29, 0.717) is 29.2 Å². The van der Waals surface area contributed by atoms with Crippen LogP contribution in [0.3, 0.4) is 0 Å². The Morgan fingerprint density at radius 1 is 1.10 bits per heavy atom. The highest BCUT2D eigenvalue weighted by Gasteiger charge is 2.23. The zero-order valence-electron chi connectivity index (χ0n) is 16.8. The third kappa shape index (κ3) is 3.87. The van der Waals surface area contributed by atoms with Gasteiger partial charge in [0.15, 0.2) is 5.65 Å². The number of carbonyl (C=O) groups excluding carboxylic acids is 1. The Hall–Kier alpha value is -3.16. The zero-order chi connectivity index (χ0) is 20.2. The number of anilines is 1. The van der Waals surface area contributed by atoms with E-state index in [4.69, 9.17) is 14.5 Å². The number of ether oxygens (including phenoxy) is 2. The molecule has 0 aliphatic carbocycles. The summed E-state index contributed by atoms with van der Waals surface area (Å²) in [6.45, 7) is 3.86. The van der Waals surface area contributed by atoms with Gasteiger partial charge in [0.1, 0.15) is 22.6 Å². The van der Waals surface area contributed by atoms with Crippen LogP contribution in [0.4, 0.5) is 5.82 Å². The number of fused-ring (bicyclic) bond motifs is 1. The predicted molar refractivity (Wildman–Crippen MR) is 110 cm³/mol. The van der Waals surface area contributed by atoms with Gasteiger partial charge in [-0.1, -0.05) is 18.1 Å². The zero-order valence-corrected chi connectivity index (χ0v) is 16.8. The highest BCUT2D eigenvalue weighted by molar-refractivity contribution is 5.98. The fourth-order valence-corrected chi connectivity index (χ4v) is 3.63. The van der Waals surface area contributed by atoms with Crippen molar-refractivity contribution in [1.29, 1.82) is 0 Å². The molecule has 0 bridgehead atoms. The number of nitrogens with zero attached hydrogens (tertiary/aromatic N) is 5. The van der Waals surface area contributed by atoms with E-state index in [2.05, 4.69) is 15.2 Å². The van der Waals surface area contributed by atoms with Crippen molar-refractivity contribution in [2.75, 3.05) is 31.7 Å². The van der Waals surface area contributed by atoms with Crippen LogP contribution in [0.2, 0.25) is 0 Å². The Labute approximate surface area is 169 Å². The maximum atomic E-state index is 12.6. The third-order valence-electron chi connectivity index (χ3n) is 5.12. The van der Waals surface area contributed by atoms with Crippen LogP contribution < -0.4 is 9.64 Å². The molecule has 8 heteroatoms. The van der Waals surface area contributed by atoms with Crippen LogP contribution in [0, 0.1) is 0 Å². The molecule has 0 unspecified atom stereocenters. The topological polar surface area (TPSA) is 82.4 Å². The summed E-state index contributed by atoms with van der Waals surface area (Å²) in [5, 5.41) is 8.50. The lowest BCUT2D eigenvalue weighted by Crippen LogP contribution is -2.27. The molecule has 8 nitrogen and oxygen atoms in total. The smallest absolute Gasteiger partial charge is 0.341 e. The quantitative estimate of drug-likeness (QED) is 0.613. The van der Waals surface area contributed by atoms with E-state index in [-0.39, 0.29) is 5.97 Å². The van der Waals surface area contributed by atoms with Gasteiger partial charge in [0.25, 0.3) is 0 Å². The molecule has 29 heavy (non-hydrogen) atoms. The number of aromatic nitrogens is 4. The molecule has 1 saturated heterocycles. The monoisotopic (exact) mass is 395 g/mol. The number of hydrogen-bond donors (Lipinski definition) is 0.